The molecule has 0 amide bonds. The third-order valence-corrected chi connectivity index (χ3v) is 2.86. The van der Waals surface area contributed by atoms with E-state index in [1.165, 1.54) is 4.68 Å². The van der Waals surface area contributed by atoms with Crippen molar-refractivity contribution in [3.63, 3.8) is 0 Å². The van der Waals surface area contributed by atoms with E-state index in [1.807, 2.05) is 6.92 Å². The highest BCUT2D eigenvalue weighted by Gasteiger charge is 2.12. The van der Waals surface area contributed by atoms with Crippen molar-refractivity contribution in [2.75, 3.05) is 11.9 Å². The first-order valence-electron chi connectivity index (χ1n) is 5.34. The van der Waals surface area contributed by atoms with Crippen LogP contribution in [0.5, 0.6) is 0 Å². The Morgan fingerprint density at radius 3 is 2.62 bits per heavy atom. The fourth-order valence-electron chi connectivity index (χ4n) is 1.17. The molecule has 0 spiro atoms. The van der Waals surface area contributed by atoms with Gasteiger partial charge in [0, 0.05) is 13.1 Å². The van der Waals surface area contributed by atoms with Gasteiger partial charge in [0.1, 0.15) is 4.47 Å². The molecule has 1 N–H and O–H groups in total. The van der Waals surface area contributed by atoms with Crippen LogP contribution >= 0.6 is 15.9 Å². The Hall–Kier alpha value is -0.840. The molecule has 0 atom stereocenters. The lowest BCUT2D eigenvalue weighted by molar-refractivity contribution is 0.442. The SMILES string of the molecule is CCn1ncc(NCC(C)(C)C)c(Br)c1=O. The van der Waals surface area contributed by atoms with E-state index in [0.717, 1.165) is 12.2 Å². The zero-order chi connectivity index (χ0) is 12.3. The number of nitrogens with one attached hydrogen (secondary N) is 1. The molecule has 1 rings (SSSR count). The number of aryl methyl sites for hydroxylation is 1. The fraction of sp³-hybridized carbons (Fsp3) is 0.636. The number of nitrogens with zero attached hydrogens (tertiary/aromatic N) is 2. The number of hydrogen-bond donors (Lipinski definition) is 1. The maximum Gasteiger partial charge on any atom is 0.283 e. The second-order valence-corrected chi connectivity index (χ2v) is 5.70. The monoisotopic (exact) mass is 287 g/mol. The summed E-state index contributed by atoms with van der Waals surface area (Å²) >= 11 is 3.30. The van der Waals surface area contributed by atoms with Crippen molar-refractivity contribution in [2.45, 2.75) is 34.2 Å². The normalized spacial score (nSPS) is 11.6. The summed E-state index contributed by atoms with van der Waals surface area (Å²) in [6.07, 6.45) is 1.68. The number of hydrogen-bond acceptors (Lipinski definition) is 3. The summed E-state index contributed by atoms with van der Waals surface area (Å²) in [6, 6.07) is 0. The van der Waals surface area contributed by atoms with E-state index in [-0.39, 0.29) is 11.0 Å². The lowest BCUT2D eigenvalue weighted by Gasteiger charge is -2.20. The Kier molecular flexibility index (Phi) is 4.13. The Labute approximate surface area is 104 Å². The van der Waals surface area contributed by atoms with Crippen molar-refractivity contribution < 1.29 is 0 Å². The van der Waals surface area contributed by atoms with E-state index < -0.39 is 0 Å². The van der Waals surface area contributed by atoms with Crippen molar-refractivity contribution in [1.82, 2.24) is 9.78 Å². The minimum absolute atomic E-state index is 0.0959. The van der Waals surface area contributed by atoms with Crippen LogP contribution in [0.2, 0.25) is 0 Å². The van der Waals surface area contributed by atoms with E-state index in [4.69, 9.17) is 0 Å². The molecule has 0 radical (unpaired) electrons. The molecule has 0 aliphatic heterocycles. The van der Waals surface area contributed by atoms with Gasteiger partial charge in [0.25, 0.3) is 5.56 Å². The van der Waals surface area contributed by atoms with Crippen LogP contribution in [0.15, 0.2) is 15.5 Å². The number of anilines is 1. The maximum absolute atomic E-state index is 11.8. The van der Waals surface area contributed by atoms with Gasteiger partial charge in [0.15, 0.2) is 0 Å². The minimum atomic E-state index is -0.0959. The predicted octanol–water partition coefficient (Wildman–Crippen LogP) is 2.48. The molecule has 1 heterocycles. The van der Waals surface area contributed by atoms with Crippen molar-refractivity contribution in [1.29, 1.82) is 0 Å². The molecule has 0 aromatic carbocycles. The summed E-state index contributed by atoms with van der Waals surface area (Å²) in [5.41, 5.74) is 0.824. The largest absolute Gasteiger partial charge is 0.382 e. The Balaban J connectivity index is 2.91. The number of halogens is 1. The van der Waals surface area contributed by atoms with E-state index >= 15 is 0 Å². The van der Waals surface area contributed by atoms with Crippen molar-refractivity contribution in [2.24, 2.45) is 5.41 Å². The van der Waals surface area contributed by atoms with Crippen LogP contribution in [0.1, 0.15) is 27.7 Å². The molecule has 0 fully saturated rings. The number of rotatable bonds is 3. The van der Waals surface area contributed by atoms with E-state index in [0.29, 0.717) is 11.0 Å². The second kappa shape index (κ2) is 4.99. The second-order valence-electron chi connectivity index (χ2n) is 4.91. The Morgan fingerprint density at radius 2 is 2.12 bits per heavy atom. The first-order valence-corrected chi connectivity index (χ1v) is 6.14. The lowest BCUT2D eigenvalue weighted by Crippen LogP contribution is -2.25. The van der Waals surface area contributed by atoms with Crippen LogP contribution in [0.25, 0.3) is 0 Å². The molecule has 0 unspecified atom stereocenters. The molecule has 90 valence electrons. The molecule has 0 aliphatic carbocycles. The van der Waals surface area contributed by atoms with Gasteiger partial charge in [-0.2, -0.15) is 5.10 Å². The topological polar surface area (TPSA) is 46.9 Å². The zero-order valence-electron chi connectivity index (χ0n) is 10.2. The van der Waals surface area contributed by atoms with Crippen LogP contribution in [0.4, 0.5) is 5.69 Å². The molecule has 5 heteroatoms. The minimum Gasteiger partial charge on any atom is -0.382 e. The average Bonchev–Trinajstić information content (AvgIpc) is 2.19. The predicted molar refractivity (Wildman–Crippen MR) is 69.8 cm³/mol. The Morgan fingerprint density at radius 1 is 1.50 bits per heavy atom. The van der Waals surface area contributed by atoms with Gasteiger partial charge in [0.2, 0.25) is 0 Å². The molecule has 4 nitrogen and oxygen atoms in total. The third-order valence-electron chi connectivity index (χ3n) is 2.09. The standard InChI is InChI=1S/C11H18BrN3O/c1-5-15-10(16)9(12)8(6-14-15)13-7-11(2,3)4/h6,13H,5,7H2,1-4H3. The molecule has 1 aromatic rings. The Bertz CT molecular complexity index is 420. The third kappa shape index (κ3) is 3.33. The molecule has 0 aliphatic rings. The van der Waals surface area contributed by atoms with Gasteiger partial charge in [-0.25, -0.2) is 4.68 Å². The van der Waals surface area contributed by atoms with E-state index in [1.54, 1.807) is 6.20 Å². The van der Waals surface area contributed by atoms with Gasteiger partial charge in [-0.1, -0.05) is 20.8 Å². The van der Waals surface area contributed by atoms with Gasteiger partial charge in [-0.05, 0) is 28.3 Å². The van der Waals surface area contributed by atoms with Gasteiger partial charge in [-0.3, -0.25) is 4.79 Å². The van der Waals surface area contributed by atoms with Crippen LogP contribution in [0, 0.1) is 5.41 Å². The maximum atomic E-state index is 11.8. The smallest absolute Gasteiger partial charge is 0.283 e. The first-order chi connectivity index (χ1) is 7.35. The highest BCUT2D eigenvalue weighted by molar-refractivity contribution is 9.10. The molecule has 0 bridgehead atoms. The van der Waals surface area contributed by atoms with Crippen molar-refractivity contribution >= 4 is 21.6 Å². The summed E-state index contributed by atoms with van der Waals surface area (Å²) in [4.78, 5) is 11.8. The van der Waals surface area contributed by atoms with Crippen LogP contribution < -0.4 is 10.9 Å². The van der Waals surface area contributed by atoms with E-state index in [9.17, 15) is 4.79 Å². The summed E-state index contributed by atoms with van der Waals surface area (Å²) in [5, 5.41) is 7.29. The molecular formula is C11H18BrN3O. The van der Waals surface area contributed by atoms with Gasteiger partial charge in [-0.15, -0.1) is 0 Å². The first kappa shape index (κ1) is 13.2. The van der Waals surface area contributed by atoms with Crippen LogP contribution in [-0.4, -0.2) is 16.3 Å². The highest BCUT2D eigenvalue weighted by Crippen LogP contribution is 2.19. The lowest BCUT2D eigenvalue weighted by atomic mass is 9.97. The zero-order valence-corrected chi connectivity index (χ0v) is 11.8. The van der Waals surface area contributed by atoms with Crippen molar-refractivity contribution in [3.05, 3.63) is 21.0 Å². The van der Waals surface area contributed by atoms with Crippen LogP contribution in [0.3, 0.4) is 0 Å². The molecule has 0 saturated carbocycles. The molecular weight excluding hydrogens is 270 g/mol. The molecule has 16 heavy (non-hydrogen) atoms. The van der Waals surface area contributed by atoms with Gasteiger partial charge in [0.05, 0.1) is 11.9 Å². The summed E-state index contributed by atoms with van der Waals surface area (Å²) in [7, 11) is 0. The highest BCUT2D eigenvalue weighted by atomic mass is 79.9. The van der Waals surface area contributed by atoms with Gasteiger partial charge < -0.3 is 5.32 Å². The molecule has 0 saturated heterocycles. The quantitative estimate of drug-likeness (QED) is 0.929. The average molecular weight is 288 g/mol. The summed E-state index contributed by atoms with van der Waals surface area (Å²) in [5.74, 6) is 0. The summed E-state index contributed by atoms with van der Waals surface area (Å²) in [6.45, 7) is 9.67. The summed E-state index contributed by atoms with van der Waals surface area (Å²) < 4.78 is 1.97. The van der Waals surface area contributed by atoms with Crippen molar-refractivity contribution in [3.8, 4) is 0 Å². The fourth-order valence-corrected chi connectivity index (χ4v) is 1.62. The number of aromatic nitrogens is 2. The van der Waals surface area contributed by atoms with Gasteiger partial charge >= 0.3 is 0 Å². The molecule has 1 aromatic heterocycles. The van der Waals surface area contributed by atoms with Crippen LogP contribution in [-0.2, 0) is 6.54 Å². The van der Waals surface area contributed by atoms with E-state index in [2.05, 4.69) is 47.1 Å².